The Balaban J connectivity index is 2.09. The lowest BCUT2D eigenvalue weighted by Gasteiger charge is -2.04. The Labute approximate surface area is 130 Å². The fraction of sp³-hybridized carbons (Fsp3) is 0.0667. The Hall–Kier alpha value is -2.34. The number of ether oxygens (including phenoxy) is 1. The number of nitrogens with one attached hydrogen (secondary N) is 1. The van der Waals surface area contributed by atoms with Gasteiger partial charge in [-0.05, 0) is 46.3 Å². The predicted octanol–water partition coefficient (Wildman–Crippen LogP) is 2.93. The van der Waals surface area contributed by atoms with Crippen molar-refractivity contribution in [3.63, 3.8) is 0 Å². The molecule has 2 aromatic rings. The Morgan fingerprint density at radius 3 is 2.81 bits per heavy atom. The van der Waals surface area contributed by atoms with E-state index in [4.69, 9.17) is 4.74 Å². The first-order valence-electron chi connectivity index (χ1n) is 6.06. The van der Waals surface area contributed by atoms with Crippen molar-refractivity contribution in [2.24, 2.45) is 5.10 Å². The van der Waals surface area contributed by atoms with Gasteiger partial charge < -0.3 is 9.84 Å². The minimum absolute atomic E-state index is 0.0506. The molecule has 0 spiro atoms. The van der Waals surface area contributed by atoms with Crippen molar-refractivity contribution in [3.8, 4) is 11.5 Å². The van der Waals surface area contributed by atoms with Crippen LogP contribution in [0.25, 0.3) is 0 Å². The van der Waals surface area contributed by atoms with Crippen molar-refractivity contribution in [3.05, 3.63) is 58.1 Å². The van der Waals surface area contributed by atoms with Gasteiger partial charge in [0.15, 0.2) is 0 Å². The van der Waals surface area contributed by atoms with Gasteiger partial charge in [-0.15, -0.1) is 0 Å². The van der Waals surface area contributed by atoms with Crippen molar-refractivity contribution in [2.75, 3.05) is 7.11 Å². The summed E-state index contributed by atoms with van der Waals surface area (Å²) in [5.74, 6) is 0.294. The maximum absolute atomic E-state index is 11.9. The molecule has 0 atom stereocenters. The smallest absolute Gasteiger partial charge is 0.272 e. The number of hydrazone groups is 1. The van der Waals surface area contributed by atoms with E-state index in [1.54, 1.807) is 30.3 Å². The van der Waals surface area contributed by atoms with Gasteiger partial charge in [0.1, 0.15) is 11.5 Å². The molecule has 0 aliphatic carbocycles. The standard InChI is InChI=1S/C15H13BrN2O3/c1-21-11-6-7-14(19)10(8-11)9-17-18-15(20)12-4-2-3-5-13(12)16/h2-9,19H,1H3,(H,18,20). The number of nitrogens with zero attached hydrogens (tertiary/aromatic N) is 1. The highest BCUT2D eigenvalue weighted by molar-refractivity contribution is 9.10. The first kappa shape index (κ1) is 15.1. The monoisotopic (exact) mass is 348 g/mol. The summed E-state index contributed by atoms with van der Waals surface area (Å²) >= 11 is 3.29. The van der Waals surface area contributed by atoms with E-state index in [9.17, 15) is 9.90 Å². The molecular formula is C15H13BrN2O3. The topological polar surface area (TPSA) is 70.9 Å². The summed E-state index contributed by atoms with van der Waals surface area (Å²) in [5.41, 5.74) is 3.32. The molecule has 0 bridgehead atoms. The number of hydrogen-bond donors (Lipinski definition) is 2. The largest absolute Gasteiger partial charge is 0.507 e. The summed E-state index contributed by atoms with van der Waals surface area (Å²) in [6.45, 7) is 0. The van der Waals surface area contributed by atoms with Crippen molar-refractivity contribution in [2.45, 2.75) is 0 Å². The van der Waals surface area contributed by atoms with Crippen LogP contribution in [-0.4, -0.2) is 24.3 Å². The van der Waals surface area contributed by atoms with Crippen molar-refractivity contribution >= 4 is 28.1 Å². The van der Waals surface area contributed by atoms with Gasteiger partial charge in [0.2, 0.25) is 0 Å². The van der Waals surface area contributed by atoms with E-state index in [1.807, 2.05) is 6.07 Å². The summed E-state index contributed by atoms with van der Waals surface area (Å²) in [4.78, 5) is 11.9. The van der Waals surface area contributed by atoms with Crippen LogP contribution < -0.4 is 10.2 Å². The first-order valence-corrected chi connectivity index (χ1v) is 6.86. The SMILES string of the molecule is COc1ccc(O)c(C=NNC(=O)c2ccccc2Br)c1. The third kappa shape index (κ3) is 3.82. The Morgan fingerprint density at radius 2 is 2.10 bits per heavy atom. The number of halogens is 1. The number of hydrogen-bond acceptors (Lipinski definition) is 4. The van der Waals surface area contributed by atoms with Gasteiger partial charge in [0, 0.05) is 10.0 Å². The van der Waals surface area contributed by atoms with E-state index in [0.29, 0.717) is 21.3 Å². The van der Waals surface area contributed by atoms with E-state index in [-0.39, 0.29) is 11.7 Å². The average Bonchev–Trinajstić information content (AvgIpc) is 2.49. The number of carbonyl (C=O) groups is 1. The van der Waals surface area contributed by atoms with Crippen LogP contribution in [0.4, 0.5) is 0 Å². The maximum atomic E-state index is 11.9. The van der Waals surface area contributed by atoms with Crippen LogP contribution in [0.3, 0.4) is 0 Å². The number of rotatable bonds is 4. The third-order valence-electron chi connectivity index (χ3n) is 2.72. The molecule has 2 aromatic carbocycles. The molecule has 0 unspecified atom stereocenters. The summed E-state index contributed by atoms with van der Waals surface area (Å²) < 4.78 is 5.74. The second kappa shape index (κ2) is 6.90. The van der Waals surface area contributed by atoms with Gasteiger partial charge in [0.05, 0.1) is 18.9 Å². The number of amides is 1. The lowest BCUT2D eigenvalue weighted by atomic mass is 10.2. The molecule has 5 nitrogen and oxygen atoms in total. The maximum Gasteiger partial charge on any atom is 0.272 e. The third-order valence-corrected chi connectivity index (χ3v) is 3.41. The van der Waals surface area contributed by atoms with E-state index in [2.05, 4.69) is 26.5 Å². The predicted molar refractivity (Wildman–Crippen MR) is 83.9 cm³/mol. The molecule has 0 aliphatic rings. The van der Waals surface area contributed by atoms with Crippen LogP contribution in [0.5, 0.6) is 11.5 Å². The number of carbonyl (C=O) groups excluding carboxylic acids is 1. The van der Waals surface area contributed by atoms with E-state index in [0.717, 1.165) is 0 Å². The molecule has 21 heavy (non-hydrogen) atoms. The van der Waals surface area contributed by atoms with Crippen LogP contribution in [0.15, 0.2) is 52.0 Å². The molecule has 0 saturated heterocycles. The molecule has 0 heterocycles. The summed E-state index contributed by atoms with van der Waals surface area (Å²) in [7, 11) is 1.53. The van der Waals surface area contributed by atoms with E-state index < -0.39 is 0 Å². The molecular weight excluding hydrogens is 336 g/mol. The van der Waals surface area contributed by atoms with Crippen LogP contribution in [0, 0.1) is 0 Å². The lowest BCUT2D eigenvalue weighted by molar-refractivity contribution is 0.0954. The second-order valence-corrected chi connectivity index (χ2v) is 4.96. The minimum Gasteiger partial charge on any atom is -0.507 e. The zero-order valence-electron chi connectivity index (χ0n) is 11.2. The highest BCUT2D eigenvalue weighted by Gasteiger charge is 2.07. The number of methoxy groups -OCH3 is 1. The molecule has 0 radical (unpaired) electrons. The number of phenolic OH excluding ortho intramolecular Hbond substituents is 1. The molecule has 0 aromatic heterocycles. The fourth-order valence-corrected chi connectivity index (χ4v) is 2.09. The fourth-order valence-electron chi connectivity index (χ4n) is 1.63. The van der Waals surface area contributed by atoms with Gasteiger partial charge in [0.25, 0.3) is 5.91 Å². The highest BCUT2D eigenvalue weighted by atomic mass is 79.9. The molecule has 1 amide bonds. The summed E-state index contributed by atoms with van der Waals surface area (Å²) in [6, 6.07) is 11.8. The molecule has 0 fully saturated rings. The summed E-state index contributed by atoms with van der Waals surface area (Å²) in [5, 5.41) is 13.5. The molecule has 2 rings (SSSR count). The Morgan fingerprint density at radius 1 is 1.33 bits per heavy atom. The van der Waals surface area contributed by atoms with Gasteiger partial charge in [-0.25, -0.2) is 5.43 Å². The lowest BCUT2D eigenvalue weighted by Crippen LogP contribution is -2.18. The molecule has 108 valence electrons. The zero-order valence-corrected chi connectivity index (χ0v) is 12.8. The number of aromatic hydroxyl groups is 1. The number of benzene rings is 2. The quantitative estimate of drug-likeness (QED) is 0.659. The van der Waals surface area contributed by atoms with Crippen molar-refractivity contribution in [1.29, 1.82) is 0 Å². The second-order valence-electron chi connectivity index (χ2n) is 4.10. The van der Waals surface area contributed by atoms with Crippen molar-refractivity contribution in [1.82, 2.24) is 5.43 Å². The van der Waals surface area contributed by atoms with Crippen LogP contribution in [0.2, 0.25) is 0 Å². The van der Waals surface area contributed by atoms with E-state index >= 15 is 0 Å². The van der Waals surface area contributed by atoms with Gasteiger partial charge in [-0.2, -0.15) is 5.10 Å². The minimum atomic E-state index is -0.346. The highest BCUT2D eigenvalue weighted by Crippen LogP contribution is 2.21. The molecule has 2 N–H and O–H groups in total. The Bertz CT molecular complexity index is 686. The van der Waals surface area contributed by atoms with Crippen LogP contribution >= 0.6 is 15.9 Å². The van der Waals surface area contributed by atoms with Gasteiger partial charge >= 0.3 is 0 Å². The van der Waals surface area contributed by atoms with Gasteiger partial charge in [-0.1, -0.05) is 12.1 Å². The zero-order chi connectivity index (χ0) is 15.2. The summed E-state index contributed by atoms with van der Waals surface area (Å²) in [6.07, 6.45) is 1.35. The first-order chi connectivity index (χ1) is 10.1. The normalized spacial score (nSPS) is 10.6. The molecule has 0 saturated carbocycles. The van der Waals surface area contributed by atoms with E-state index in [1.165, 1.54) is 19.4 Å². The van der Waals surface area contributed by atoms with Crippen LogP contribution in [0.1, 0.15) is 15.9 Å². The average molecular weight is 349 g/mol. The Kier molecular flexibility index (Phi) is 4.94. The molecule has 0 aliphatic heterocycles. The van der Waals surface area contributed by atoms with Crippen LogP contribution in [-0.2, 0) is 0 Å². The van der Waals surface area contributed by atoms with Crippen molar-refractivity contribution < 1.29 is 14.6 Å². The number of phenols is 1. The molecule has 6 heteroatoms. The van der Waals surface area contributed by atoms with Gasteiger partial charge in [-0.3, -0.25) is 4.79 Å².